The van der Waals surface area contributed by atoms with Crippen LogP contribution in [0.5, 0.6) is 0 Å². The van der Waals surface area contributed by atoms with Crippen LogP contribution in [-0.4, -0.2) is 0 Å². The van der Waals surface area contributed by atoms with Gasteiger partial charge in [0.15, 0.2) is 11.2 Å². The number of hydrogen-bond donors (Lipinski definition) is 0. The maximum absolute atomic E-state index is 7.33. The molecule has 246 valence electrons. The molecule has 0 N–H and O–H groups in total. The van der Waals surface area contributed by atoms with Crippen LogP contribution in [0.4, 0.5) is 34.1 Å². The number of hydrogen-bond acceptors (Lipinski definition) is 4. The molecular weight excluding hydrogens is 653 g/mol. The van der Waals surface area contributed by atoms with Crippen LogP contribution in [0.1, 0.15) is 0 Å². The van der Waals surface area contributed by atoms with Crippen LogP contribution in [-0.2, 0) is 0 Å². The van der Waals surface area contributed by atoms with Gasteiger partial charge in [0.1, 0.15) is 0 Å². The van der Waals surface area contributed by atoms with Crippen molar-refractivity contribution in [2.24, 2.45) is 0 Å². The molecule has 8 aromatic carbocycles. The average molecular weight is 685 g/mol. The molecule has 0 saturated carbocycles. The molecule has 0 atom stereocenters. The second-order valence-corrected chi connectivity index (χ2v) is 14.0. The third kappa shape index (κ3) is 4.96. The Morgan fingerprint density at radius 1 is 0.346 bits per heavy atom. The summed E-state index contributed by atoms with van der Waals surface area (Å²) in [5.41, 5.74) is 10.2. The molecular formula is C48H32N2OS. The van der Waals surface area contributed by atoms with Gasteiger partial charge in [-0.3, -0.25) is 0 Å². The fourth-order valence-corrected chi connectivity index (χ4v) is 8.72. The van der Waals surface area contributed by atoms with Crippen molar-refractivity contribution < 1.29 is 4.42 Å². The second-order valence-electron chi connectivity index (χ2n) is 12.9. The number of anilines is 6. The highest BCUT2D eigenvalue weighted by atomic mass is 32.1. The number of nitrogens with zero attached hydrogens (tertiary/aromatic N) is 2. The number of thiophene rings is 1. The molecule has 0 spiro atoms. The quantitative estimate of drug-likeness (QED) is 0.167. The van der Waals surface area contributed by atoms with Crippen molar-refractivity contribution in [2.45, 2.75) is 0 Å². The van der Waals surface area contributed by atoms with Crippen LogP contribution < -0.4 is 9.80 Å². The molecule has 0 amide bonds. The minimum absolute atomic E-state index is 0.837. The SMILES string of the molecule is c1ccc(-c2ccc(N(c3ccccc3)c3ccccc3)c3oc4c(N(c5ccccc5)c5cccc6sc7ccccc7c56)cccc4c23)cc1. The van der Waals surface area contributed by atoms with Gasteiger partial charge in [0.25, 0.3) is 0 Å². The van der Waals surface area contributed by atoms with Crippen molar-refractivity contribution >= 4 is 87.6 Å². The lowest BCUT2D eigenvalue weighted by molar-refractivity contribution is 0.669. The van der Waals surface area contributed by atoms with E-state index in [-0.39, 0.29) is 0 Å². The number of fused-ring (bicyclic) bond motifs is 6. The Kier molecular flexibility index (Phi) is 7.33. The summed E-state index contributed by atoms with van der Waals surface area (Å²) in [6, 6.07) is 68.8. The van der Waals surface area contributed by atoms with E-state index in [9.17, 15) is 0 Å². The zero-order valence-corrected chi connectivity index (χ0v) is 29.0. The van der Waals surface area contributed by atoms with Crippen LogP contribution in [0.25, 0.3) is 53.2 Å². The smallest absolute Gasteiger partial charge is 0.160 e. The van der Waals surface area contributed by atoms with Crippen LogP contribution >= 0.6 is 11.3 Å². The molecule has 0 aliphatic heterocycles. The van der Waals surface area contributed by atoms with E-state index in [1.165, 1.54) is 20.2 Å². The lowest BCUT2D eigenvalue weighted by Crippen LogP contribution is -2.10. The summed E-state index contributed by atoms with van der Waals surface area (Å²) in [6.45, 7) is 0. The Morgan fingerprint density at radius 3 is 1.56 bits per heavy atom. The Hall–Kier alpha value is -6.62. The molecule has 2 heterocycles. The standard InChI is InChI=1S/C48H32N2OS/c1-5-17-33(18-6-1)37-31-32-42(49(34-19-7-2-8-20-34)35-21-9-3-10-22-35)48-45(37)39-26-15-28-41(47(39)51-48)50(36-23-11-4-12-24-36)40-27-16-30-44-46(40)38-25-13-14-29-43(38)52-44/h1-32H. The van der Waals surface area contributed by atoms with E-state index in [2.05, 4.69) is 204 Å². The topological polar surface area (TPSA) is 19.6 Å². The average Bonchev–Trinajstić information content (AvgIpc) is 3.80. The van der Waals surface area contributed by atoms with Crippen LogP contribution in [0.15, 0.2) is 199 Å². The highest BCUT2D eigenvalue weighted by Gasteiger charge is 2.26. The number of rotatable bonds is 7. The zero-order valence-electron chi connectivity index (χ0n) is 28.2. The van der Waals surface area contributed by atoms with Gasteiger partial charge in [0.2, 0.25) is 0 Å². The first-order valence-corrected chi connectivity index (χ1v) is 18.3. The summed E-state index contributed by atoms with van der Waals surface area (Å²) < 4.78 is 9.86. The Bertz CT molecular complexity index is 2810. The molecule has 0 aliphatic rings. The summed E-state index contributed by atoms with van der Waals surface area (Å²) in [7, 11) is 0. The molecule has 0 bridgehead atoms. The molecule has 4 heteroatoms. The van der Waals surface area contributed by atoms with Gasteiger partial charge >= 0.3 is 0 Å². The van der Waals surface area contributed by atoms with Gasteiger partial charge in [-0.2, -0.15) is 0 Å². The number of benzene rings is 8. The first-order valence-electron chi connectivity index (χ1n) is 17.5. The number of para-hydroxylation sites is 4. The molecule has 10 aromatic rings. The van der Waals surface area contributed by atoms with Gasteiger partial charge in [-0.15, -0.1) is 11.3 Å². The van der Waals surface area contributed by atoms with Crippen LogP contribution in [0, 0.1) is 0 Å². The maximum atomic E-state index is 7.33. The third-order valence-corrected chi connectivity index (χ3v) is 11.0. The van der Waals surface area contributed by atoms with Gasteiger partial charge in [0, 0.05) is 48.0 Å². The Labute approximate surface area is 305 Å². The lowest BCUT2D eigenvalue weighted by atomic mass is 9.97. The minimum atomic E-state index is 0.837. The van der Waals surface area contributed by atoms with E-state index >= 15 is 0 Å². The van der Waals surface area contributed by atoms with Crippen LogP contribution in [0.2, 0.25) is 0 Å². The van der Waals surface area contributed by atoms with E-state index in [1.807, 2.05) is 11.3 Å². The number of furan rings is 1. The van der Waals surface area contributed by atoms with Crippen molar-refractivity contribution in [1.29, 1.82) is 0 Å². The largest absolute Gasteiger partial charge is 0.452 e. The summed E-state index contributed by atoms with van der Waals surface area (Å²) in [5.74, 6) is 0. The van der Waals surface area contributed by atoms with Gasteiger partial charge in [-0.1, -0.05) is 127 Å². The summed E-state index contributed by atoms with van der Waals surface area (Å²) in [4.78, 5) is 4.67. The summed E-state index contributed by atoms with van der Waals surface area (Å²) >= 11 is 1.84. The molecule has 52 heavy (non-hydrogen) atoms. The van der Waals surface area contributed by atoms with E-state index < -0.39 is 0 Å². The molecule has 3 nitrogen and oxygen atoms in total. The predicted molar refractivity (Wildman–Crippen MR) is 221 cm³/mol. The molecule has 0 aliphatic carbocycles. The van der Waals surface area contributed by atoms with E-state index in [0.717, 1.165) is 67.2 Å². The summed E-state index contributed by atoms with van der Waals surface area (Å²) in [6.07, 6.45) is 0. The van der Waals surface area contributed by atoms with Gasteiger partial charge in [-0.25, -0.2) is 0 Å². The Morgan fingerprint density at radius 2 is 0.865 bits per heavy atom. The molecule has 0 radical (unpaired) electrons. The van der Waals surface area contributed by atoms with Gasteiger partial charge in [0.05, 0.1) is 17.1 Å². The summed E-state index contributed by atoms with van der Waals surface area (Å²) in [5, 5.41) is 4.65. The van der Waals surface area contributed by atoms with Crippen LogP contribution in [0.3, 0.4) is 0 Å². The van der Waals surface area contributed by atoms with Crippen molar-refractivity contribution in [3.05, 3.63) is 194 Å². The first kappa shape index (κ1) is 30.2. The van der Waals surface area contributed by atoms with E-state index in [0.29, 0.717) is 0 Å². The van der Waals surface area contributed by atoms with Crippen molar-refractivity contribution in [3.63, 3.8) is 0 Å². The van der Waals surface area contributed by atoms with Gasteiger partial charge < -0.3 is 14.2 Å². The van der Waals surface area contributed by atoms with Crippen molar-refractivity contribution in [3.8, 4) is 11.1 Å². The fraction of sp³-hybridized carbons (Fsp3) is 0. The predicted octanol–water partition coefficient (Wildman–Crippen LogP) is 14.6. The fourth-order valence-electron chi connectivity index (χ4n) is 7.59. The zero-order chi connectivity index (χ0) is 34.4. The lowest BCUT2D eigenvalue weighted by Gasteiger charge is -2.26. The maximum Gasteiger partial charge on any atom is 0.160 e. The highest BCUT2D eigenvalue weighted by Crippen LogP contribution is 2.50. The van der Waals surface area contributed by atoms with E-state index in [1.54, 1.807) is 0 Å². The molecule has 0 saturated heterocycles. The highest BCUT2D eigenvalue weighted by molar-refractivity contribution is 7.26. The van der Waals surface area contributed by atoms with Gasteiger partial charge in [-0.05, 0) is 77.9 Å². The second kappa shape index (κ2) is 12.6. The Balaban J connectivity index is 1.31. The first-order chi connectivity index (χ1) is 25.8. The monoisotopic (exact) mass is 684 g/mol. The van der Waals surface area contributed by atoms with E-state index in [4.69, 9.17) is 4.42 Å². The molecule has 10 rings (SSSR count). The molecule has 2 aromatic heterocycles. The third-order valence-electron chi connectivity index (χ3n) is 9.84. The minimum Gasteiger partial charge on any atom is -0.452 e. The van der Waals surface area contributed by atoms with Crippen molar-refractivity contribution in [1.82, 2.24) is 0 Å². The molecule has 0 unspecified atom stereocenters. The van der Waals surface area contributed by atoms with Crippen molar-refractivity contribution in [2.75, 3.05) is 9.80 Å². The normalized spacial score (nSPS) is 11.5. The molecule has 0 fully saturated rings.